The third-order valence-electron chi connectivity index (χ3n) is 6.23. The number of rotatable bonds is 4. The minimum atomic E-state index is -0.540. The van der Waals surface area contributed by atoms with E-state index in [1.165, 1.54) is 11.8 Å². The molecule has 4 heterocycles. The molecule has 2 aliphatic heterocycles. The summed E-state index contributed by atoms with van der Waals surface area (Å²) in [5.41, 5.74) is 5.12. The van der Waals surface area contributed by atoms with Crippen LogP contribution in [0.3, 0.4) is 0 Å². The average molecular weight is 507 g/mol. The van der Waals surface area contributed by atoms with Crippen molar-refractivity contribution in [2.24, 2.45) is 5.41 Å². The highest BCUT2D eigenvalue weighted by Gasteiger charge is 2.50. The zero-order chi connectivity index (χ0) is 24.5. The lowest BCUT2D eigenvalue weighted by Crippen LogP contribution is -2.55. The van der Waals surface area contributed by atoms with Crippen LogP contribution in [0.4, 0.5) is 16.4 Å². The minimum Gasteiger partial charge on any atom is -0.444 e. The second-order valence-electron chi connectivity index (χ2n) is 9.81. The van der Waals surface area contributed by atoms with E-state index in [4.69, 9.17) is 26.8 Å². The number of nitrogens with zero attached hydrogens (tertiary/aromatic N) is 4. The summed E-state index contributed by atoms with van der Waals surface area (Å²) < 4.78 is 11.5. The molecule has 9 nitrogen and oxygen atoms in total. The highest BCUT2D eigenvalue weighted by atomic mass is 35.5. The molecule has 0 aromatic carbocycles. The molecule has 1 amide bonds. The Kier molecular flexibility index (Phi) is 7.12. The number of halogens is 1. The maximum absolute atomic E-state index is 12.4. The predicted octanol–water partition coefficient (Wildman–Crippen LogP) is 4.16. The second-order valence-corrected chi connectivity index (χ2v) is 11.3. The number of pyridine rings is 1. The largest absolute Gasteiger partial charge is 0.444 e. The van der Waals surface area contributed by atoms with Gasteiger partial charge in [0.2, 0.25) is 0 Å². The average Bonchev–Trinajstić information content (AvgIpc) is 3.06. The molecule has 34 heavy (non-hydrogen) atoms. The molecule has 184 valence electrons. The lowest BCUT2D eigenvalue weighted by atomic mass is 9.73. The van der Waals surface area contributed by atoms with Gasteiger partial charge < -0.3 is 25.4 Å². The highest BCUT2D eigenvalue weighted by molar-refractivity contribution is 7.99. The summed E-state index contributed by atoms with van der Waals surface area (Å²) in [5, 5.41) is 4.22. The standard InChI is InChI=1S/C23H31ClN6O3S/c1-14-19(29-21(31)33-22(2,3)4)23(13-32-14)6-9-30(10-7-23)16-11-28-17(12-27-16)34-15-5-8-26-20(25)18(15)24/h5,8,11-12,14,19H,6-7,9-10,13H2,1-4H3,(H2,25,26)(H,29,31)/t14-,19+/m0/s1. The Morgan fingerprint density at radius 3 is 2.68 bits per heavy atom. The highest BCUT2D eigenvalue weighted by Crippen LogP contribution is 2.43. The van der Waals surface area contributed by atoms with Crippen LogP contribution in [-0.4, -0.2) is 58.5 Å². The molecule has 0 bridgehead atoms. The molecule has 2 aromatic heterocycles. The van der Waals surface area contributed by atoms with E-state index in [9.17, 15) is 4.79 Å². The van der Waals surface area contributed by atoms with Crippen LogP contribution in [0, 0.1) is 5.41 Å². The number of nitrogen functional groups attached to an aromatic ring is 1. The van der Waals surface area contributed by atoms with Crippen molar-refractivity contribution in [3.8, 4) is 0 Å². The van der Waals surface area contributed by atoms with E-state index >= 15 is 0 Å². The Labute approximate surface area is 209 Å². The van der Waals surface area contributed by atoms with Gasteiger partial charge >= 0.3 is 6.09 Å². The van der Waals surface area contributed by atoms with E-state index in [-0.39, 0.29) is 17.6 Å². The molecular weight excluding hydrogens is 476 g/mol. The number of alkyl carbamates (subject to hydrolysis) is 1. The van der Waals surface area contributed by atoms with E-state index in [2.05, 4.69) is 25.2 Å². The summed E-state index contributed by atoms with van der Waals surface area (Å²) in [6.07, 6.45) is 6.43. The van der Waals surface area contributed by atoms with E-state index in [0.29, 0.717) is 17.4 Å². The molecule has 2 aromatic rings. The van der Waals surface area contributed by atoms with Gasteiger partial charge in [0, 0.05) is 29.6 Å². The second kappa shape index (κ2) is 9.75. The van der Waals surface area contributed by atoms with Gasteiger partial charge in [-0.1, -0.05) is 23.4 Å². The summed E-state index contributed by atoms with van der Waals surface area (Å²) in [4.78, 5) is 28.6. The number of aromatic nitrogens is 3. The Bertz CT molecular complexity index is 1020. The zero-order valence-corrected chi connectivity index (χ0v) is 21.4. The summed E-state index contributed by atoms with van der Waals surface area (Å²) in [6.45, 7) is 9.82. The van der Waals surface area contributed by atoms with Crippen LogP contribution in [0.1, 0.15) is 40.5 Å². The number of hydrogen-bond donors (Lipinski definition) is 2. The molecule has 2 saturated heterocycles. The van der Waals surface area contributed by atoms with Crippen molar-refractivity contribution in [3.05, 3.63) is 29.7 Å². The van der Waals surface area contributed by atoms with Gasteiger partial charge in [-0.3, -0.25) is 0 Å². The lowest BCUT2D eigenvalue weighted by Gasteiger charge is -2.42. The first-order chi connectivity index (χ1) is 16.1. The maximum Gasteiger partial charge on any atom is 0.407 e. The van der Waals surface area contributed by atoms with Gasteiger partial charge in [0.05, 0.1) is 36.2 Å². The van der Waals surface area contributed by atoms with E-state index < -0.39 is 11.7 Å². The maximum atomic E-state index is 12.4. The SMILES string of the molecule is C[C@@H]1OCC2(CCN(c3cnc(Sc4ccnc(N)c4Cl)cn3)CC2)[C@@H]1NC(=O)OC(C)(C)C. The molecule has 0 radical (unpaired) electrons. The fourth-order valence-electron chi connectivity index (χ4n) is 4.48. The van der Waals surface area contributed by atoms with Crippen molar-refractivity contribution in [2.75, 3.05) is 30.3 Å². The van der Waals surface area contributed by atoms with Crippen molar-refractivity contribution in [1.82, 2.24) is 20.3 Å². The van der Waals surface area contributed by atoms with Crippen LogP contribution >= 0.6 is 23.4 Å². The summed E-state index contributed by atoms with van der Waals surface area (Å²) in [5.74, 6) is 1.12. The lowest BCUT2D eigenvalue weighted by molar-refractivity contribution is 0.0434. The first-order valence-corrected chi connectivity index (χ1v) is 12.5. The van der Waals surface area contributed by atoms with Gasteiger partial charge in [-0.05, 0) is 46.6 Å². The number of nitrogens with two attached hydrogens (primary N) is 1. The first-order valence-electron chi connectivity index (χ1n) is 11.3. The molecule has 0 saturated carbocycles. The molecule has 4 rings (SSSR count). The van der Waals surface area contributed by atoms with Crippen LogP contribution in [0.15, 0.2) is 34.6 Å². The zero-order valence-electron chi connectivity index (χ0n) is 19.9. The number of hydrogen-bond acceptors (Lipinski definition) is 9. The third kappa shape index (κ3) is 5.50. The molecular formula is C23H31ClN6O3S. The van der Waals surface area contributed by atoms with E-state index in [1.54, 1.807) is 24.7 Å². The van der Waals surface area contributed by atoms with Gasteiger partial charge in [0.25, 0.3) is 0 Å². The van der Waals surface area contributed by atoms with Crippen LogP contribution < -0.4 is 16.0 Å². The van der Waals surface area contributed by atoms with Crippen LogP contribution in [-0.2, 0) is 9.47 Å². The third-order valence-corrected chi connectivity index (χ3v) is 7.72. The fraction of sp³-hybridized carbons (Fsp3) is 0.565. The summed E-state index contributed by atoms with van der Waals surface area (Å²) >= 11 is 7.63. The number of nitrogens with one attached hydrogen (secondary N) is 1. The summed E-state index contributed by atoms with van der Waals surface area (Å²) in [7, 11) is 0. The Morgan fingerprint density at radius 2 is 2.03 bits per heavy atom. The quantitative estimate of drug-likeness (QED) is 0.630. The molecule has 0 unspecified atom stereocenters. The van der Waals surface area contributed by atoms with Crippen LogP contribution in [0.5, 0.6) is 0 Å². The molecule has 2 fully saturated rings. The summed E-state index contributed by atoms with van der Waals surface area (Å²) in [6, 6.07) is 1.71. The fourth-order valence-corrected chi connectivity index (χ4v) is 5.47. The van der Waals surface area contributed by atoms with Gasteiger partial charge in [0.15, 0.2) is 0 Å². The predicted molar refractivity (Wildman–Crippen MR) is 132 cm³/mol. The number of carbonyl (C=O) groups is 1. The van der Waals surface area contributed by atoms with Gasteiger partial charge in [-0.2, -0.15) is 0 Å². The number of anilines is 2. The Balaban J connectivity index is 1.38. The van der Waals surface area contributed by atoms with E-state index in [0.717, 1.165) is 41.7 Å². The smallest absolute Gasteiger partial charge is 0.407 e. The number of amides is 1. The monoisotopic (exact) mass is 506 g/mol. The normalized spacial score (nSPS) is 22.1. The molecule has 1 spiro atoms. The van der Waals surface area contributed by atoms with Crippen LogP contribution in [0.2, 0.25) is 5.02 Å². The van der Waals surface area contributed by atoms with Crippen LogP contribution in [0.25, 0.3) is 0 Å². The molecule has 11 heteroatoms. The van der Waals surface area contributed by atoms with Crippen molar-refractivity contribution in [2.45, 2.75) is 68.2 Å². The number of carbonyl (C=O) groups excluding carboxylic acids is 1. The van der Waals surface area contributed by atoms with Crippen molar-refractivity contribution in [1.29, 1.82) is 0 Å². The molecule has 0 aliphatic carbocycles. The van der Waals surface area contributed by atoms with Gasteiger partial charge in [-0.25, -0.2) is 19.7 Å². The van der Waals surface area contributed by atoms with Crippen molar-refractivity contribution < 1.29 is 14.3 Å². The topological polar surface area (TPSA) is 115 Å². The first kappa shape index (κ1) is 24.8. The van der Waals surface area contributed by atoms with Crippen molar-refractivity contribution in [3.63, 3.8) is 0 Å². The Morgan fingerprint density at radius 1 is 1.29 bits per heavy atom. The molecule has 2 atom stereocenters. The molecule has 2 aliphatic rings. The molecule has 3 N–H and O–H groups in total. The van der Waals surface area contributed by atoms with Gasteiger partial charge in [0.1, 0.15) is 22.3 Å². The number of ether oxygens (including phenoxy) is 2. The minimum absolute atomic E-state index is 0.0655. The Hall–Kier alpha value is -2.30. The van der Waals surface area contributed by atoms with Crippen molar-refractivity contribution >= 4 is 41.1 Å². The van der Waals surface area contributed by atoms with Gasteiger partial charge in [-0.15, -0.1) is 0 Å². The number of piperidine rings is 1. The van der Waals surface area contributed by atoms with E-state index in [1.807, 2.05) is 27.7 Å².